The van der Waals surface area contributed by atoms with Crippen LogP contribution in [0.15, 0.2) is 91.0 Å². The Morgan fingerprint density at radius 1 is 0.690 bits per heavy atom. The van der Waals surface area contributed by atoms with Crippen molar-refractivity contribution >= 4 is 27.6 Å². The van der Waals surface area contributed by atoms with Crippen LogP contribution in [0.4, 0.5) is 4.39 Å². The van der Waals surface area contributed by atoms with Gasteiger partial charge in [0.2, 0.25) is 0 Å². The summed E-state index contributed by atoms with van der Waals surface area (Å²) in [5.74, 6) is 0.442. The first-order valence-corrected chi connectivity index (χ1v) is 9.40. The Balaban J connectivity index is 1.72. The fourth-order valence-electron chi connectivity index (χ4n) is 3.95. The van der Waals surface area contributed by atoms with Crippen LogP contribution in [-0.2, 0) is 0 Å². The second-order valence-corrected chi connectivity index (χ2v) is 6.97. The van der Waals surface area contributed by atoms with Crippen LogP contribution in [0, 0.1) is 5.82 Å². The number of fused-ring (bicyclic) bond motifs is 5. The molecule has 0 atom stereocenters. The number of para-hydroxylation sites is 1. The number of benzene rings is 3. The molecule has 0 bridgehead atoms. The van der Waals surface area contributed by atoms with Crippen LogP contribution >= 0.6 is 0 Å². The molecule has 0 spiro atoms. The molecule has 6 aromatic rings. The van der Waals surface area contributed by atoms with Crippen LogP contribution in [0.2, 0.25) is 0 Å². The molecule has 3 heterocycles. The van der Waals surface area contributed by atoms with E-state index in [-0.39, 0.29) is 5.82 Å². The van der Waals surface area contributed by atoms with Gasteiger partial charge in [0.1, 0.15) is 11.3 Å². The summed E-state index contributed by atoms with van der Waals surface area (Å²) in [7, 11) is 0. The lowest BCUT2D eigenvalue weighted by Gasteiger charge is -2.07. The highest BCUT2D eigenvalue weighted by molar-refractivity contribution is 6.08. The number of hydrogen-bond acceptors (Lipinski definition) is 2. The first-order chi connectivity index (χ1) is 14.3. The van der Waals surface area contributed by atoms with Gasteiger partial charge in [-0.2, -0.15) is 0 Å². The number of aromatic nitrogens is 4. The molecule has 0 aliphatic carbocycles. The fraction of sp³-hybridized carbons (Fsp3) is 0. The van der Waals surface area contributed by atoms with Crippen molar-refractivity contribution < 1.29 is 4.39 Å². The molecule has 0 aliphatic rings. The molecule has 0 radical (unpaired) electrons. The molecule has 0 aliphatic heterocycles. The molecular formula is C24H15FN4. The van der Waals surface area contributed by atoms with Crippen molar-refractivity contribution in [3.05, 3.63) is 96.8 Å². The Kier molecular flexibility index (Phi) is 3.32. The second kappa shape index (κ2) is 6.01. The molecule has 3 aromatic carbocycles. The third-order valence-corrected chi connectivity index (χ3v) is 5.23. The van der Waals surface area contributed by atoms with Gasteiger partial charge in [-0.25, -0.2) is 13.9 Å². The van der Waals surface area contributed by atoms with E-state index >= 15 is 0 Å². The number of halogens is 1. The van der Waals surface area contributed by atoms with Gasteiger partial charge in [0.05, 0.1) is 11.0 Å². The number of nitrogens with zero attached hydrogens (tertiary/aromatic N) is 4. The summed E-state index contributed by atoms with van der Waals surface area (Å²) in [4.78, 5) is 4.73. The van der Waals surface area contributed by atoms with E-state index in [9.17, 15) is 4.39 Å². The van der Waals surface area contributed by atoms with Crippen LogP contribution < -0.4 is 0 Å². The molecule has 5 heteroatoms. The number of hydrogen-bond donors (Lipinski definition) is 0. The van der Waals surface area contributed by atoms with Gasteiger partial charge < -0.3 is 4.57 Å². The van der Waals surface area contributed by atoms with Crippen LogP contribution in [0.5, 0.6) is 0 Å². The lowest BCUT2D eigenvalue weighted by molar-refractivity contribution is 0.627. The number of rotatable bonds is 2. The Bertz CT molecular complexity index is 1500. The van der Waals surface area contributed by atoms with E-state index in [1.54, 1.807) is 12.1 Å². The van der Waals surface area contributed by atoms with Gasteiger partial charge in [0.15, 0.2) is 11.5 Å². The van der Waals surface area contributed by atoms with Crippen molar-refractivity contribution in [2.24, 2.45) is 0 Å². The maximum Gasteiger partial charge on any atom is 0.182 e. The van der Waals surface area contributed by atoms with Crippen molar-refractivity contribution in [3.63, 3.8) is 0 Å². The van der Waals surface area contributed by atoms with Crippen molar-refractivity contribution in [1.82, 2.24) is 19.2 Å². The van der Waals surface area contributed by atoms with Gasteiger partial charge in [-0.3, -0.25) is 0 Å². The predicted octanol–water partition coefficient (Wildman–Crippen LogP) is 5.63. The van der Waals surface area contributed by atoms with Gasteiger partial charge in [-0.05, 0) is 42.5 Å². The van der Waals surface area contributed by atoms with Gasteiger partial charge in [0, 0.05) is 16.6 Å². The van der Waals surface area contributed by atoms with Gasteiger partial charge in [-0.15, -0.1) is 5.10 Å². The first-order valence-electron chi connectivity index (χ1n) is 9.40. The molecule has 138 valence electrons. The topological polar surface area (TPSA) is 35.1 Å². The second-order valence-electron chi connectivity index (χ2n) is 6.97. The zero-order valence-corrected chi connectivity index (χ0v) is 15.3. The molecule has 4 nitrogen and oxygen atoms in total. The van der Waals surface area contributed by atoms with Crippen molar-refractivity contribution in [2.45, 2.75) is 0 Å². The lowest BCUT2D eigenvalue weighted by Crippen LogP contribution is -1.95. The predicted molar refractivity (Wildman–Crippen MR) is 113 cm³/mol. The Morgan fingerprint density at radius 3 is 2.28 bits per heavy atom. The zero-order chi connectivity index (χ0) is 19.4. The molecule has 0 saturated carbocycles. The SMILES string of the molecule is Fc1ccc(-n2c3ccccc3c3c2ccc2nc(-c4ccccc4)nn23)cc1. The maximum absolute atomic E-state index is 13.5. The summed E-state index contributed by atoms with van der Waals surface area (Å²) in [5.41, 5.74) is 5.69. The minimum absolute atomic E-state index is 0.249. The van der Waals surface area contributed by atoms with Gasteiger partial charge in [-0.1, -0.05) is 48.5 Å². The monoisotopic (exact) mass is 378 g/mol. The van der Waals surface area contributed by atoms with Crippen LogP contribution in [0.3, 0.4) is 0 Å². The van der Waals surface area contributed by atoms with E-state index in [0.29, 0.717) is 5.82 Å². The molecular weight excluding hydrogens is 363 g/mol. The maximum atomic E-state index is 13.5. The molecule has 0 saturated heterocycles. The summed E-state index contributed by atoms with van der Waals surface area (Å²) in [6, 6.07) is 28.7. The average molecular weight is 378 g/mol. The van der Waals surface area contributed by atoms with E-state index in [4.69, 9.17) is 10.1 Å². The van der Waals surface area contributed by atoms with E-state index in [1.165, 1.54) is 12.1 Å². The Morgan fingerprint density at radius 2 is 1.45 bits per heavy atom. The Labute approximate surface area is 165 Å². The smallest absolute Gasteiger partial charge is 0.182 e. The molecule has 0 fully saturated rings. The zero-order valence-electron chi connectivity index (χ0n) is 15.3. The van der Waals surface area contributed by atoms with Crippen molar-refractivity contribution in [1.29, 1.82) is 0 Å². The highest BCUT2D eigenvalue weighted by Gasteiger charge is 2.17. The van der Waals surface area contributed by atoms with E-state index in [1.807, 2.05) is 53.0 Å². The molecule has 6 rings (SSSR count). The van der Waals surface area contributed by atoms with E-state index in [0.717, 1.165) is 38.8 Å². The molecule has 0 unspecified atom stereocenters. The minimum Gasteiger partial charge on any atom is -0.308 e. The molecule has 29 heavy (non-hydrogen) atoms. The van der Waals surface area contributed by atoms with Gasteiger partial charge in [0.25, 0.3) is 0 Å². The van der Waals surface area contributed by atoms with Crippen LogP contribution in [0.25, 0.3) is 44.7 Å². The largest absolute Gasteiger partial charge is 0.308 e. The summed E-state index contributed by atoms with van der Waals surface area (Å²) >= 11 is 0. The first kappa shape index (κ1) is 16.0. The van der Waals surface area contributed by atoms with Crippen molar-refractivity contribution in [3.8, 4) is 17.1 Å². The summed E-state index contributed by atoms with van der Waals surface area (Å²) in [6.45, 7) is 0. The fourth-order valence-corrected chi connectivity index (χ4v) is 3.95. The standard InChI is InChI=1S/C24H15FN4/c25-17-10-12-18(13-11-17)28-20-9-5-4-8-19(20)23-21(28)14-15-22-26-24(27-29(22)23)16-6-2-1-3-7-16/h1-15H. The molecule has 0 amide bonds. The van der Waals surface area contributed by atoms with Gasteiger partial charge >= 0.3 is 0 Å². The summed E-state index contributed by atoms with van der Waals surface area (Å²) in [5, 5.41) is 5.89. The van der Waals surface area contributed by atoms with Crippen LogP contribution in [-0.4, -0.2) is 19.2 Å². The number of pyridine rings is 1. The Hall–Kier alpha value is -3.99. The molecule has 3 aromatic heterocycles. The molecule has 0 N–H and O–H groups in total. The third-order valence-electron chi connectivity index (χ3n) is 5.23. The lowest BCUT2D eigenvalue weighted by atomic mass is 10.2. The highest BCUT2D eigenvalue weighted by atomic mass is 19.1. The summed E-state index contributed by atoms with van der Waals surface area (Å²) in [6.07, 6.45) is 0. The third kappa shape index (κ3) is 2.37. The highest BCUT2D eigenvalue weighted by Crippen LogP contribution is 2.32. The summed E-state index contributed by atoms with van der Waals surface area (Å²) < 4.78 is 17.5. The van der Waals surface area contributed by atoms with E-state index in [2.05, 4.69) is 22.8 Å². The average Bonchev–Trinajstić information content (AvgIpc) is 3.34. The van der Waals surface area contributed by atoms with Crippen molar-refractivity contribution in [2.75, 3.05) is 0 Å². The minimum atomic E-state index is -0.249. The normalized spacial score (nSPS) is 11.6. The quantitative estimate of drug-likeness (QED) is 0.391. The van der Waals surface area contributed by atoms with Crippen LogP contribution in [0.1, 0.15) is 0 Å². The van der Waals surface area contributed by atoms with E-state index < -0.39 is 0 Å².